The number of para-hydroxylation sites is 1. The quantitative estimate of drug-likeness (QED) is 0.919. The van der Waals surface area contributed by atoms with Crippen LogP contribution in [0.3, 0.4) is 0 Å². The number of rotatable bonds is 4. The standard InChI is InChI=1S/C16H14F3NO.ClH/c17-12-6-5-10(7-14(12)19)16(11-8-20-9-11)21-15-4-2-1-3-13(15)18;/h1-7,11,16,20H,8-9H2;1H. The Bertz CT molecular complexity index is 649. The number of hydrogen-bond donors (Lipinski definition) is 1. The number of ether oxygens (including phenoxy) is 1. The second-order valence-corrected chi connectivity index (χ2v) is 5.06. The van der Waals surface area contributed by atoms with Gasteiger partial charge in [-0.25, -0.2) is 13.2 Å². The van der Waals surface area contributed by atoms with Gasteiger partial charge in [0.25, 0.3) is 0 Å². The summed E-state index contributed by atoms with van der Waals surface area (Å²) in [5, 5.41) is 3.10. The first-order valence-corrected chi connectivity index (χ1v) is 6.72. The molecule has 0 bridgehead atoms. The summed E-state index contributed by atoms with van der Waals surface area (Å²) in [6.07, 6.45) is -0.516. The Morgan fingerprint density at radius 1 is 0.955 bits per heavy atom. The fraction of sp³-hybridized carbons (Fsp3) is 0.250. The lowest BCUT2D eigenvalue weighted by Crippen LogP contribution is -2.46. The Labute approximate surface area is 132 Å². The smallest absolute Gasteiger partial charge is 0.165 e. The second kappa shape index (κ2) is 7.03. The molecule has 22 heavy (non-hydrogen) atoms. The molecule has 1 atom stereocenters. The Morgan fingerprint density at radius 3 is 2.27 bits per heavy atom. The van der Waals surface area contributed by atoms with E-state index in [2.05, 4.69) is 5.32 Å². The molecule has 0 aliphatic carbocycles. The van der Waals surface area contributed by atoms with Gasteiger partial charge in [-0.3, -0.25) is 0 Å². The van der Waals surface area contributed by atoms with Crippen LogP contribution in [0.25, 0.3) is 0 Å². The van der Waals surface area contributed by atoms with Gasteiger partial charge in [0.15, 0.2) is 23.2 Å². The van der Waals surface area contributed by atoms with E-state index in [-0.39, 0.29) is 24.1 Å². The first-order valence-electron chi connectivity index (χ1n) is 6.72. The molecule has 0 aromatic heterocycles. The lowest BCUT2D eigenvalue weighted by Gasteiger charge is -2.35. The molecule has 0 amide bonds. The minimum absolute atomic E-state index is 0. The number of halogens is 4. The van der Waals surface area contributed by atoms with Gasteiger partial charge >= 0.3 is 0 Å². The summed E-state index contributed by atoms with van der Waals surface area (Å²) in [6.45, 7) is 1.39. The van der Waals surface area contributed by atoms with Crippen molar-refractivity contribution in [1.29, 1.82) is 0 Å². The lowest BCUT2D eigenvalue weighted by atomic mass is 9.90. The van der Waals surface area contributed by atoms with E-state index in [0.29, 0.717) is 18.7 Å². The van der Waals surface area contributed by atoms with Crippen molar-refractivity contribution < 1.29 is 17.9 Å². The molecule has 1 heterocycles. The van der Waals surface area contributed by atoms with Crippen LogP contribution < -0.4 is 10.1 Å². The average Bonchev–Trinajstić information content (AvgIpc) is 2.41. The maximum atomic E-state index is 13.7. The SMILES string of the molecule is Cl.Fc1ccc(C(Oc2ccccc2F)C2CNC2)cc1F. The highest BCUT2D eigenvalue weighted by atomic mass is 35.5. The molecule has 1 saturated heterocycles. The van der Waals surface area contributed by atoms with Gasteiger partial charge in [-0.15, -0.1) is 12.4 Å². The number of hydrogen-bond acceptors (Lipinski definition) is 2. The third-order valence-electron chi connectivity index (χ3n) is 3.60. The lowest BCUT2D eigenvalue weighted by molar-refractivity contribution is 0.0946. The highest BCUT2D eigenvalue weighted by Crippen LogP contribution is 2.32. The average molecular weight is 330 g/mol. The van der Waals surface area contributed by atoms with Gasteiger partial charge in [-0.1, -0.05) is 18.2 Å². The van der Waals surface area contributed by atoms with Crippen LogP contribution in [0.1, 0.15) is 11.7 Å². The molecule has 1 aliphatic heterocycles. The predicted octanol–water partition coefficient (Wildman–Crippen LogP) is 3.87. The van der Waals surface area contributed by atoms with Crippen LogP contribution in [0.15, 0.2) is 42.5 Å². The normalized spacial score (nSPS) is 15.6. The minimum Gasteiger partial charge on any atom is -0.482 e. The fourth-order valence-corrected chi connectivity index (χ4v) is 2.33. The molecule has 1 fully saturated rings. The molecule has 2 aromatic carbocycles. The second-order valence-electron chi connectivity index (χ2n) is 5.06. The van der Waals surface area contributed by atoms with Gasteiger partial charge in [0, 0.05) is 19.0 Å². The van der Waals surface area contributed by atoms with E-state index in [0.717, 1.165) is 12.1 Å². The zero-order chi connectivity index (χ0) is 14.8. The van der Waals surface area contributed by atoms with E-state index in [1.54, 1.807) is 12.1 Å². The summed E-state index contributed by atoms with van der Waals surface area (Å²) in [5.41, 5.74) is 0.503. The summed E-state index contributed by atoms with van der Waals surface area (Å²) in [7, 11) is 0. The third-order valence-corrected chi connectivity index (χ3v) is 3.60. The van der Waals surface area contributed by atoms with Crippen LogP contribution >= 0.6 is 12.4 Å². The van der Waals surface area contributed by atoms with Gasteiger partial charge in [0.1, 0.15) is 6.10 Å². The molecule has 1 N–H and O–H groups in total. The molecule has 118 valence electrons. The third kappa shape index (κ3) is 3.36. The van der Waals surface area contributed by atoms with Crippen LogP contribution in [-0.2, 0) is 0 Å². The molecule has 3 rings (SSSR count). The molecule has 2 aromatic rings. The maximum Gasteiger partial charge on any atom is 0.165 e. The minimum atomic E-state index is -0.929. The monoisotopic (exact) mass is 329 g/mol. The van der Waals surface area contributed by atoms with Gasteiger partial charge in [-0.05, 0) is 29.8 Å². The van der Waals surface area contributed by atoms with Crippen LogP contribution in [0, 0.1) is 23.4 Å². The molecule has 1 aliphatic rings. The highest BCUT2D eigenvalue weighted by molar-refractivity contribution is 5.85. The van der Waals surface area contributed by atoms with Crippen LogP contribution in [0.2, 0.25) is 0 Å². The van der Waals surface area contributed by atoms with Gasteiger partial charge in [-0.2, -0.15) is 0 Å². The molecular formula is C16H15ClF3NO. The molecule has 0 radical (unpaired) electrons. The van der Waals surface area contributed by atoms with Crippen molar-refractivity contribution in [2.45, 2.75) is 6.10 Å². The zero-order valence-electron chi connectivity index (χ0n) is 11.6. The van der Waals surface area contributed by atoms with Crippen LogP contribution in [0.5, 0.6) is 5.75 Å². The summed E-state index contributed by atoms with van der Waals surface area (Å²) < 4.78 is 45.9. The van der Waals surface area contributed by atoms with Crippen molar-refractivity contribution >= 4 is 12.4 Å². The largest absolute Gasteiger partial charge is 0.482 e. The van der Waals surface area contributed by atoms with Gasteiger partial charge in [0.2, 0.25) is 0 Å². The van der Waals surface area contributed by atoms with Crippen LogP contribution in [-0.4, -0.2) is 13.1 Å². The van der Waals surface area contributed by atoms with E-state index in [9.17, 15) is 13.2 Å². The molecular weight excluding hydrogens is 315 g/mol. The first kappa shape index (κ1) is 16.6. The Hall–Kier alpha value is -1.72. The summed E-state index contributed by atoms with van der Waals surface area (Å²) in [5.74, 6) is -2.11. The molecule has 0 saturated carbocycles. The van der Waals surface area contributed by atoms with Crippen molar-refractivity contribution in [3.8, 4) is 5.75 Å². The zero-order valence-corrected chi connectivity index (χ0v) is 12.4. The Morgan fingerprint density at radius 2 is 1.68 bits per heavy atom. The van der Waals surface area contributed by atoms with Crippen LogP contribution in [0.4, 0.5) is 13.2 Å². The molecule has 0 spiro atoms. The van der Waals surface area contributed by atoms with Crippen molar-refractivity contribution in [1.82, 2.24) is 5.32 Å². The Kier molecular flexibility index (Phi) is 5.32. The first-order chi connectivity index (χ1) is 10.1. The highest BCUT2D eigenvalue weighted by Gasteiger charge is 2.31. The number of nitrogens with one attached hydrogen (secondary N) is 1. The van der Waals surface area contributed by atoms with Crippen molar-refractivity contribution in [2.75, 3.05) is 13.1 Å². The van der Waals surface area contributed by atoms with Gasteiger partial charge < -0.3 is 10.1 Å². The topological polar surface area (TPSA) is 21.3 Å². The van der Waals surface area contributed by atoms with Crippen molar-refractivity contribution in [2.24, 2.45) is 5.92 Å². The van der Waals surface area contributed by atoms with E-state index in [4.69, 9.17) is 4.74 Å². The fourth-order valence-electron chi connectivity index (χ4n) is 2.33. The van der Waals surface area contributed by atoms with E-state index in [1.165, 1.54) is 18.2 Å². The van der Waals surface area contributed by atoms with Gasteiger partial charge in [0.05, 0.1) is 0 Å². The van der Waals surface area contributed by atoms with Crippen molar-refractivity contribution in [3.63, 3.8) is 0 Å². The molecule has 1 unspecified atom stereocenters. The van der Waals surface area contributed by atoms with E-state index >= 15 is 0 Å². The molecule has 6 heteroatoms. The Balaban J connectivity index is 0.00000176. The van der Waals surface area contributed by atoms with Crippen molar-refractivity contribution in [3.05, 3.63) is 65.5 Å². The molecule has 2 nitrogen and oxygen atoms in total. The van der Waals surface area contributed by atoms with E-state index in [1.807, 2.05) is 0 Å². The summed E-state index contributed by atoms with van der Waals surface area (Å²) >= 11 is 0. The number of benzene rings is 2. The van der Waals surface area contributed by atoms with E-state index < -0.39 is 23.6 Å². The predicted molar refractivity (Wildman–Crippen MR) is 79.7 cm³/mol. The summed E-state index contributed by atoms with van der Waals surface area (Å²) in [4.78, 5) is 0. The maximum absolute atomic E-state index is 13.7. The summed E-state index contributed by atoms with van der Waals surface area (Å²) in [6, 6.07) is 9.71.